The third-order valence-corrected chi connectivity index (χ3v) is 3.41. The molecule has 0 saturated heterocycles. The average Bonchev–Trinajstić information content (AvgIpc) is 2.27. The monoisotopic (exact) mass is 296 g/mol. The molecule has 0 amide bonds. The Balaban J connectivity index is 2.57. The van der Waals surface area contributed by atoms with Gasteiger partial charge in [-0.25, -0.2) is 4.98 Å². The standard InChI is InChI=1S/C11H9F5N2S/c1-8-9(10-4-2-3-7-17-10)5-6-11(18-8)19(12,13,14,15)16/h2-7H,1H3. The van der Waals surface area contributed by atoms with Crippen LogP contribution in [0.1, 0.15) is 5.69 Å². The predicted octanol–water partition coefficient (Wildman–Crippen LogP) is 5.11. The second kappa shape index (κ2) is 3.44. The number of nitrogens with zero attached hydrogens (tertiary/aromatic N) is 2. The van der Waals surface area contributed by atoms with E-state index in [0.717, 1.165) is 6.07 Å². The number of hydrogen-bond donors (Lipinski definition) is 0. The fraction of sp³-hybridized carbons (Fsp3) is 0.0909. The number of hydrogen-bond acceptors (Lipinski definition) is 2. The van der Waals surface area contributed by atoms with E-state index >= 15 is 0 Å². The molecular formula is C11H9F5N2S. The van der Waals surface area contributed by atoms with Gasteiger partial charge in [0.15, 0.2) is 5.03 Å². The van der Waals surface area contributed by atoms with Crippen molar-refractivity contribution in [2.75, 3.05) is 0 Å². The van der Waals surface area contributed by atoms with Crippen molar-refractivity contribution in [1.29, 1.82) is 0 Å². The van der Waals surface area contributed by atoms with E-state index < -0.39 is 15.3 Å². The van der Waals surface area contributed by atoms with E-state index in [1.165, 1.54) is 13.1 Å². The van der Waals surface area contributed by atoms with Crippen molar-refractivity contribution < 1.29 is 19.4 Å². The lowest BCUT2D eigenvalue weighted by Crippen LogP contribution is -2.09. The van der Waals surface area contributed by atoms with Crippen LogP contribution in [0.2, 0.25) is 0 Å². The Bertz CT molecular complexity index is 625. The summed E-state index contributed by atoms with van der Waals surface area (Å²) in [6, 6.07) is 6.08. The van der Waals surface area contributed by atoms with Gasteiger partial charge in [-0.2, -0.15) is 0 Å². The molecule has 2 nitrogen and oxygen atoms in total. The molecule has 19 heavy (non-hydrogen) atoms. The van der Waals surface area contributed by atoms with E-state index in [2.05, 4.69) is 9.97 Å². The molecule has 0 radical (unpaired) electrons. The van der Waals surface area contributed by atoms with Crippen LogP contribution in [0, 0.1) is 6.92 Å². The summed E-state index contributed by atoms with van der Waals surface area (Å²) in [6.45, 7) is 1.23. The van der Waals surface area contributed by atoms with Crippen molar-refractivity contribution in [3.05, 3.63) is 42.2 Å². The molecule has 2 heterocycles. The zero-order valence-corrected chi connectivity index (χ0v) is 10.5. The van der Waals surface area contributed by atoms with E-state index in [1.807, 2.05) is 0 Å². The second-order valence-corrected chi connectivity index (χ2v) is 6.32. The molecule has 0 aromatic carbocycles. The summed E-state index contributed by atoms with van der Waals surface area (Å²) in [7, 11) is -9.73. The predicted molar refractivity (Wildman–Crippen MR) is 63.6 cm³/mol. The first kappa shape index (κ1) is 13.7. The van der Waals surface area contributed by atoms with E-state index in [-0.39, 0.29) is 11.3 Å². The van der Waals surface area contributed by atoms with Gasteiger partial charge in [-0.3, -0.25) is 4.98 Å². The number of rotatable bonds is 2. The average molecular weight is 296 g/mol. The minimum atomic E-state index is -9.73. The summed E-state index contributed by atoms with van der Waals surface area (Å²) in [4.78, 5) is 6.94. The highest BCUT2D eigenvalue weighted by atomic mass is 32.5. The fourth-order valence-corrected chi connectivity index (χ4v) is 2.18. The maximum atomic E-state index is 12.6. The van der Waals surface area contributed by atoms with Gasteiger partial charge in [0.25, 0.3) is 0 Å². The van der Waals surface area contributed by atoms with Crippen LogP contribution in [0.25, 0.3) is 11.3 Å². The van der Waals surface area contributed by atoms with Gasteiger partial charge in [0.2, 0.25) is 0 Å². The van der Waals surface area contributed by atoms with Crippen molar-refractivity contribution in [2.45, 2.75) is 11.9 Å². The lowest BCUT2D eigenvalue weighted by molar-refractivity contribution is 0.358. The van der Waals surface area contributed by atoms with Crippen molar-refractivity contribution in [3.8, 4) is 11.3 Å². The van der Waals surface area contributed by atoms with Gasteiger partial charge in [-0.15, -0.1) is 0 Å². The Kier molecular flexibility index (Phi) is 2.49. The molecule has 0 fully saturated rings. The summed E-state index contributed by atoms with van der Waals surface area (Å²) in [6.07, 6.45) is 1.45. The summed E-state index contributed by atoms with van der Waals surface area (Å²) in [5.74, 6) is 0. The van der Waals surface area contributed by atoms with Crippen LogP contribution in [-0.2, 0) is 0 Å². The molecule has 0 bridgehead atoms. The normalized spacial score (nSPS) is 15.7. The van der Waals surface area contributed by atoms with E-state index in [4.69, 9.17) is 0 Å². The van der Waals surface area contributed by atoms with Gasteiger partial charge in [-0.05, 0) is 31.2 Å². The van der Waals surface area contributed by atoms with Crippen LogP contribution in [0.5, 0.6) is 0 Å². The first-order chi connectivity index (χ1) is 8.47. The number of pyridine rings is 2. The largest absolute Gasteiger partial charge is 0.325 e. The maximum absolute atomic E-state index is 12.6. The zero-order chi connectivity index (χ0) is 14.4. The summed E-state index contributed by atoms with van der Waals surface area (Å²) >= 11 is 0. The van der Waals surface area contributed by atoms with Gasteiger partial charge in [0.1, 0.15) is 0 Å². The van der Waals surface area contributed by atoms with Gasteiger partial charge >= 0.3 is 10.2 Å². The van der Waals surface area contributed by atoms with Gasteiger partial charge in [0, 0.05) is 17.5 Å². The molecule has 0 saturated carbocycles. The fourth-order valence-electron chi connectivity index (χ4n) is 1.55. The zero-order valence-electron chi connectivity index (χ0n) is 9.66. The summed E-state index contributed by atoms with van der Waals surface area (Å²) in [5.41, 5.74) is 0.511. The molecule has 2 rings (SSSR count). The highest BCUT2D eigenvalue weighted by Crippen LogP contribution is 3.01. The van der Waals surface area contributed by atoms with Crippen molar-refractivity contribution in [3.63, 3.8) is 0 Å². The van der Waals surface area contributed by atoms with Crippen LogP contribution < -0.4 is 0 Å². The topological polar surface area (TPSA) is 25.8 Å². The molecule has 8 heteroatoms. The van der Waals surface area contributed by atoms with Crippen molar-refractivity contribution in [2.24, 2.45) is 0 Å². The Labute approximate surface area is 106 Å². The molecule has 0 aliphatic rings. The lowest BCUT2D eigenvalue weighted by Gasteiger charge is -2.39. The highest BCUT2D eigenvalue weighted by molar-refractivity contribution is 8.45. The van der Waals surface area contributed by atoms with E-state index in [1.54, 1.807) is 18.2 Å². The maximum Gasteiger partial charge on any atom is 0.325 e. The quantitative estimate of drug-likeness (QED) is 0.720. The number of aryl methyl sites for hydroxylation is 1. The minimum absolute atomic E-state index is 0.149. The number of aromatic nitrogens is 2. The Morgan fingerprint density at radius 2 is 1.63 bits per heavy atom. The molecule has 2 aromatic heterocycles. The van der Waals surface area contributed by atoms with E-state index in [9.17, 15) is 19.4 Å². The van der Waals surface area contributed by atoms with Gasteiger partial charge in [0.05, 0.1) is 5.69 Å². The van der Waals surface area contributed by atoms with E-state index in [0.29, 0.717) is 11.8 Å². The smallest absolute Gasteiger partial charge is 0.256 e. The Morgan fingerprint density at radius 3 is 2.11 bits per heavy atom. The minimum Gasteiger partial charge on any atom is -0.256 e. The van der Waals surface area contributed by atoms with Crippen LogP contribution in [0.3, 0.4) is 0 Å². The molecular weight excluding hydrogens is 287 g/mol. The second-order valence-electron chi connectivity index (χ2n) is 3.97. The highest BCUT2D eigenvalue weighted by Gasteiger charge is 2.67. The van der Waals surface area contributed by atoms with Crippen LogP contribution in [0.4, 0.5) is 19.4 Å². The third-order valence-electron chi connectivity index (χ3n) is 2.40. The van der Waals surface area contributed by atoms with Crippen LogP contribution in [-0.4, -0.2) is 9.97 Å². The van der Waals surface area contributed by atoms with Crippen LogP contribution >= 0.6 is 10.2 Å². The summed E-state index contributed by atoms with van der Waals surface area (Å²) in [5, 5.41) is -2.13. The third kappa shape index (κ3) is 3.01. The first-order valence-corrected chi connectivity index (χ1v) is 7.06. The molecule has 0 aliphatic heterocycles. The Hall–Kier alpha value is -1.70. The van der Waals surface area contributed by atoms with Gasteiger partial charge in [-0.1, -0.05) is 25.5 Å². The molecule has 104 valence electrons. The molecule has 0 aliphatic carbocycles. The van der Waals surface area contributed by atoms with Crippen molar-refractivity contribution in [1.82, 2.24) is 9.97 Å². The van der Waals surface area contributed by atoms with Gasteiger partial charge < -0.3 is 0 Å². The molecule has 0 unspecified atom stereocenters. The lowest BCUT2D eigenvalue weighted by atomic mass is 10.1. The van der Waals surface area contributed by atoms with Crippen LogP contribution in [0.15, 0.2) is 41.6 Å². The molecule has 2 aromatic rings. The molecule has 0 spiro atoms. The SMILES string of the molecule is Cc1nc(S(F)(F)(F)(F)F)ccc1-c1ccccn1. The van der Waals surface area contributed by atoms with Crippen molar-refractivity contribution >= 4 is 10.2 Å². The molecule has 0 N–H and O–H groups in total. The first-order valence-electron chi connectivity index (χ1n) is 5.10. The Morgan fingerprint density at radius 1 is 0.947 bits per heavy atom. The summed E-state index contributed by atoms with van der Waals surface area (Å²) < 4.78 is 62.9. The molecule has 0 atom stereocenters. The number of halogens is 5.